The molecule has 0 N–H and O–H groups in total. The third-order valence-corrected chi connectivity index (χ3v) is 3.38. The largest absolute Gasteiger partial charge is 0.493 e. The van der Waals surface area contributed by atoms with Crippen LogP contribution in [0.2, 0.25) is 0 Å². The zero-order valence-corrected chi connectivity index (χ0v) is 12.3. The molecule has 98 valence electrons. The van der Waals surface area contributed by atoms with Crippen LogP contribution in [0.1, 0.15) is 22.8 Å². The monoisotopic (exact) mass is 318 g/mol. The Morgan fingerprint density at radius 2 is 1.89 bits per heavy atom. The number of rotatable bonds is 5. The standard InChI is InChI=1S/C16H15BrO2/c1-2-19-16-9-8-13(11-14(16)17)15(18)10-12-6-4-3-5-7-12/h3-9,11H,2,10H2,1H3. The van der Waals surface area contributed by atoms with Crippen molar-refractivity contribution in [1.29, 1.82) is 0 Å². The van der Waals surface area contributed by atoms with E-state index in [1.807, 2.05) is 49.4 Å². The van der Waals surface area contributed by atoms with Crippen LogP contribution >= 0.6 is 15.9 Å². The smallest absolute Gasteiger partial charge is 0.167 e. The van der Waals surface area contributed by atoms with E-state index in [0.29, 0.717) is 18.6 Å². The summed E-state index contributed by atoms with van der Waals surface area (Å²) in [4.78, 5) is 12.2. The summed E-state index contributed by atoms with van der Waals surface area (Å²) in [5, 5.41) is 0. The van der Waals surface area contributed by atoms with Gasteiger partial charge in [-0.3, -0.25) is 4.79 Å². The zero-order valence-electron chi connectivity index (χ0n) is 10.7. The number of carbonyl (C=O) groups excluding carboxylic acids is 1. The molecule has 0 aliphatic carbocycles. The van der Waals surface area contributed by atoms with Gasteiger partial charge in [0, 0.05) is 12.0 Å². The van der Waals surface area contributed by atoms with E-state index in [-0.39, 0.29) is 5.78 Å². The number of hydrogen-bond acceptors (Lipinski definition) is 2. The highest BCUT2D eigenvalue weighted by molar-refractivity contribution is 9.10. The quantitative estimate of drug-likeness (QED) is 0.769. The molecule has 0 spiro atoms. The normalized spacial score (nSPS) is 10.2. The molecule has 0 aliphatic heterocycles. The van der Waals surface area contributed by atoms with E-state index >= 15 is 0 Å². The van der Waals surface area contributed by atoms with Gasteiger partial charge in [-0.05, 0) is 46.6 Å². The number of benzene rings is 2. The van der Waals surface area contributed by atoms with Gasteiger partial charge in [-0.25, -0.2) is 0 Å². The highest BCUT2D eigenvalue weighted by Gasteiger charge is 2.09. The Labute approximate surface area is 121 Å². The van der Waals surface area contributed by atoms with Crippen molar-refractivity contribution in [3.63, 3.8) is 0 Å². The van der Waals surface area contributed by atoms with Crippen molar-refractivity contribution in [2.24, 2.45) is 0 Å². The number of ketones is 1. The van der Waals surface area contributed by atoms with Crippen molar-refractivity contribution in [2.45, 2.75) is 13.3 Å². The van der Waals surface area contributed by atoms with E-state index in [1.165, 1.54) is 0 Å². The van der Waals surface area contributed by atoms with Gasteiger partial charge in [-0.15, -0.1) is 0 Å². The second-order valence-corrected chi connectivity index (χ2v) is 5.02. The molecule has 2 nitrogen and oxygen atoms in total. The van der Waals surface area contributed by atoms with E-state index in [1.54, 1.807) is 6.07 Å². The van der Waals surface area contributed by atoms with Crippen LogP contribution < -0.4 is 4.74 Å². The Hall–Kier alpha value is -1.61. The summed E-state index contributed by atoms with van der Waals surface area (Å²) < 4.78 is 6.24. The first-order valence-electron chi connectivity index (χ1n) is 6.20. The van der Waals surface area contributed by atoms with Crippen molar-refractivity contribution in [3.05, 3.63) is 64.1 Å². The van der Waals surface area contributed by atoms with E-state index in [2.05, 4.69) is 15.9 Å². The molecule has 2 aromatic carbocycles. The molecule has 0 saturated heterocycles. The zero-order chi connectivity index (χ0) is 13.7. The van der Waals surface area contributed by atoms with Crippen LogP contribution in [0.3, 0.4) is 0 Å². The first-order valence-corrected chi connectivity index (χ1v) is 6.99. The minimum absolute atomic E-state index is 0.106. The molecule has 0 bridgehead atoms. The van der Waals surface area contributed by atoms with Crippen LogP contribution in [0.4, 0.5) is 0 Å². The van der Waals surface area contributed by atoms with Crippen LogP contribution in [0.25, 0.3) is 0 Å². The van der Waals surface area contributed by atoms with Gasteiger partial charge in [0.1, 0.15) is 5.75 Å². The van der Waals surface area contributed by atoms with Crippen molar-refractivity contribution in [1.82, 2.24) is 0 Å². The molecular weight excluding hydrogens is 304 g/mol. The van der Waals surface area contributed by atoms with Gasteiger partial charge in [0.25, 0.3) is 0 Å². The molecule has 0 aromatic heterocycles. The molecule has 19 heavy (non-hydrogen) atoms. The van der Waals surface area contributed by atoms with E-state index in [4.69, 9.17) is 4.74 Å². The summed E-state index contributed by atoms with van der Waals surface area (Å²) in [5.74, 6) is 0.869. The van der Waals surface area contributed by atoms with Crippen molar-refractivity contribution >= 4 is 21.7 Å². The lowest BCUT2D eigenvalue weighted by molar-refractivity contribution is 0.0993. The number of ether oxygens (including phenoxy) is 1. The Morgan fingerprint density at radius 1 is 1.16 bits per heavy atom. The summed E-state index contributed by atoms with van der Waals surface area (Å²) >= 11 is 3.42. The highest BCUT2D eigenvalue weighted by atomic mass is 79.9. The lowest BCUT2D eigenvalue weighted by atomic mass is 10.0. The summed E-state index contributed by atoms with van der Waals surface area (Å²) in [5.41, 5.74) is 1.72. The maximum atomic E-state index is 12.2. The topological polar surface area (TPSA) is 26.3 Å². The molecule has 0 amide bonds. The van der Waals surface area contributed by atoms with Crippen molar-refractivity contribution in [3.8, 4) is 5.75 Å². The molecule has 0 radical (unpaired) electrons. The molecule has 0 saturated carbocycles. The first kappa shape index (κ1) is 13.8. The van der Waals surface area contributed by atoms with E-state index < -0.39 is 0 Å². The highest BCUT2D eigenvalue weighted by Crippen LogP contribution is 2.26. The van der Waals surface area contributed by atoms with Crippen LogP contribution in [-0.4, -0.2) is 12.4 Å². The third-order valence-electron chi connectivity index (χ3n) is 2.76. The summed E-state index contributed by atoms with van der Waals surface area (Å²) in [6.07, 6.45) is 0.418. The van der Waals surface area contributed by atoms with E-state index in [9.17, 15) is 4.79 Å². The molecule has 0 heterocycles. The van der Waals surface area contributed by atoms with Crippen LogP contribution in [-0.2, 0) is 6.42 Å². The number of hydrogen-bond donors (Lipinski definition) is 0. The van der Waals surface area contributed by atoms with Crippen LogP contribution in [0.5, 0.6) is 5.75 Å². The third kappa shape index (κ3) is 3.67. The predicted molar refractivity (Wildman–Crippen MR) is 79.8 cm³/mol. The predicted octanol–water partition coefficient (Wildman–Crippen LogP) is 4.27. The summed E-state index contributed by atoms with van der Waals surface area (Å²) in [6.45, 7) is 2.54. The molecule has 0 atom stereocenters. The first-order chi connectivity index (χ1) is 9.20. The Bertz CT molecular complexity index is 564. The lowest BCUT2D eigenvalue weighted by Gasteiger charge is -2.07. The second kappa shape index (κ2) is 6.53. The van der Waals surface area contributed by atoms with Crippen LogP contribution in [0, 0.1) is 0 Å². The van der Waals surface area contributed by atoms with Gasteiger partial charge in [-0.2, -0.15) is 0 Å². The Morgan fingerprint density at radius 3 is 2.53 bits per heavy atom. The molecular formula is C16H15BrO2. The Balaban J connectivity index is 2.14. The number of halogens is 1. The Kier molecular flexibility index (Phi) is 4.74. The van der Waals surface area contributed by atoms with Gasteiger partial charge in [0.05, 0.1) is 11.1 Å². The minimum Gasteiger partial charge on any atom is -0.493 e. The molecule has 2 rings (SSSR count). The van der Waals surface area contributed by atoms with Gasteiger partial charge in [0.15, 0.2) is 5.78 Å². The maximum absolute atomic E-state index is 12.2. The SMILES string of the molecule is CCOc1ccc(C(=O)Cc2ccccc2)cc1Br. The molecule has 2 aromatic rings. The minimum atomic E-state index is 0.106. The molecule has 0 aliphatic rings. The molecule has 3 heteroatoms. The fraction of sp³-hybridized carbons (Fsp3) is 0.188. The molecule has 0 fully saturated rings. The van der Waals surface area contributed by atoms with Crippen molar-refractivity contribution in [2.75, 3.05) is 6.61 Å². The maximum Gasteiger partial charge on any atom is 0.167 e. The average Bonchev–Trinajstić information content (AvgIpc) is 2.42. The average molecular weight is 319 g/mol. The fourth-order valence-electron chi connectivity index (χ4n) is 1.83. The van der Waals surface area contributed by atoms with Crippen LogP contribution in [0.15, 0.2) is 53.0 Å². The number of carbonyl (C=O) groups is 1. The van der Waals surface area contributed by atoms with Crippen molar-refractivity contribution < 1.29 is 9.53 Å². The summed E-state index contributed by atoms with van der Waals surface area (Å²) in [6, 6.07) is 15.2. The summed E-state index contributed by atoms with van der Waals surface area (Å²) in [7, 11) is 0. The van der Waals surface area contributed by atoms with Gasteiger partial charge in [-0.1, -0.05) is 30.3 Å². The van der Waals surface area contributed by atoms with Gasteiger partial charge < -0.3 is 4.74 Å². The second-order valence-electron chi connectivity index (χ2n) is 4.16. The van der Waals surface area contributed by atoms with Gasteiger partial charge in [0.2, 0.25) is 0 Å². The fourth-order valence-corrected chi connectivity index (χ4v) is 2.32. The number of Topliss-reactive ketones (excluding diaryl/α,β-unsaturated/α-hetero) is 1. The van der Waals surface area contributed by atoms with E-state index in [0.717, 1.165) is 15.8 Å². The lowest BCUT2D eigenvalue weighted by Crippen LogP contribution is -2.04. The molecule has 0 unspecified atom stereocenters. The van der Waals surface area contributed by atoms with Gasteiger partial charge >= 0.3 is 0 Å².